The summed E-state index contributed by atoms with van der Waals surface area (Å²) >= 11 is 3.44. The van der Waals surface area contributed by atoms with Crippen molar-refractivity contribution >= 4 is 15.9 Å². The molecule has 0 aromatic carbocycles. The lowest BCUT2D eigenvalue weighted by Crippen LogP contribution is -2.15. The predicted octanol–water partition coefficient (Wildman–Crippen LogP) is 3.53. The minimum absolute atomic E-state index is 0.875. The highest BCUT2D eigenvalue weighted by molar-refractivity contribution is 9.09. The maximum Gasteiger partial charge on any atom is 0.0468 e. The van der Waals surface area contributed by atoms with Crippen LogP contribution in [0.25, 0.3) is 0 Å². The molecule has 0 saturated carbocycles. The normalized spacial score (nSPS) is 20.6. The molecule has 0 unspecified atom stereocenters. The number of allylic oxidation sites excluding steroid dienone is 2. The van der Waals surface area contributed by atoms with Crippen molar-refractivity contribution in [1.29, 1.82) is 0 Å². The third kappa shape index (κ3) is 4.82. The standard InChI is InChI=1S/C11H19BrO/c1-10(3-2-6-12)9-11-4-7-13-8-5-11/h3,11H,2,4-9H2,1H3. The van der Waals surface area contributed by atoms with Gasteiger partial charge in [0.25, 0.3) is 0 Å². The molecule has 1 rings (SSSR count). The fourth-order valence-electron chi connectivity index (χ4n) is 1.79. The van der Waals surface area contributed by atoms with E-state index in [4.69, 9.17) is 4.74 Å². The number of halogens is 1. The summed E-state index contributed by atoms with van der Waals surface area (Å²) < 4.78 is 5.34. The van der Waals surface area contributed by atoms with Gasteiger partial charge in [-0.2, -0.15) is 0 Å². The molecule has 1 aliphatic heterocycles. The number of hydrogen-bond donors (Lipinski definition) is 0. The van der Waals surface area contributed by atoms with E-state index >= 15 is 0 Å². The average Bonchev–Trinajstić information content (AvgIpc) is 2.16. The van der Waals surface area contributed by atoms with Gasteiger partial charge >= 0.3 is 0 Å². The fraction of sp³-hybridized carbons (Fsp3) is 0.818. The first-order chi connectivity index (χ1) is 6.33. The Hall–Kier alpha value is 0.180. The molecule has 1 fully saturated rings. The van der Waals surface area contributed by atoms with Crippen molar-refractivity contribution in [2.45, 2.75) is 32.6 Å². The Bertz CT molecular complexity index is 159. The zero-order valence-electron chi connectivity index (χ0n) is 8.39. The minimum Gasteiger partial charge on any atom is -0.381 e. The summed E-state index contributed by atoms with van der Waals surface area (Å²) in [7, 11) is 0. The van der Waals surface area contributed by atoms with Gasteiger partial charge in [-0.25, -0.2) is 0 Å². The molecule has 0 N–H and O–H groups in total. The topological polar surface area (TPSA) is 9.23 Å². The van der Waals surface area contributed by atoms with Crippen LogP contribution in [0.3, 0.4) is 0 Å². The van der Waals surface area contributed by atoms with Gasteiger partial charge in [0.1, 0.15) is 0 Å². The first-order valence-corrected chi connectivity index (χ1v) is 6.24. The van der Waals surface area contributed by atoms with Crippen LogP contribution in [-0.2, 0) is 4.74 Å². The molecule has 1 aliphatic rings. The van der Waals surface area contributed by atoms with Gasteiger partial charge in [-0.3, -0.25) is 0 Å². The molecule has 13 heavy (non-hydrogen) atoms. The van der Waals surface area contributed by atoms with E-state index in [1.807, 2.05) is 0 Å². The predicted molar refractivity (Wildman–Crippen MR) is 60.3 cm³/mol. The van der Waals surface area contributed by atoms with Gasteiger partial charge in [-0.05, 0) is 38.5 Å². The molecule has 1 heterocycles. The van der Waals surface area contributed by atoms with E-state index in [-0.39, 0.29) is 0 Å². The Morgan fingerprint density at radius 1 is 1.46 bits per heavy atom. The zero-order valence-corrected chi connectivity index (χ0v) is 9.98. The maximum absolute atomic E-state index is 5.34. The molecule has 0 aliphatic carbocycles. The lowest BCUT2D eigenvalue weighted by molar-refractivity contribution is 0.0665. The van der Waals surface area contributed by atoms with Crippen molar-refractivity contribution in [2.75, 3.05) is 18.5 Å². The molecule has 0 bridgehead atoms. The summed E-state index contributed by atoms with van der Waals surface area (Å²) in [5.74, 6) is 0.875. The molecule has 2 heteroatoms. The second-order valence-electron chi connectivity index (χ2n) is 3.79. The smallest absolute Gasteiger partial charge is 0.0468 e. The summed E-state index contributed by atoms with van der Waals surface area (Å²) in [5, 5.41) is 1.08. The van der Waals surface area contributed by atoms with Crippen LogP contribution in [-0.4, -0.2) is 18.5 Å². The van der Waals surface area contributed by atoms with E-state index in [0.29, 0.717) is 0 Å². The van der Waals surface area contributed by atoms with E-state index < -0.39 is 0 Å². The molecule has 0 aromatic rings. The third-order valence-corrected chi connectivity index (χ3v) is 3.01. The molecule has 0 radical (unpaired) electrons. The summed E-state index contributed by atoms with van der Waals surface area (Å²) in [4.78, 5) is 0. The van der Waals surface area contributed by atoms with Crippen LogP contribution in [0.1, 0.15) is 32.6 Å². The van der Waals surface area contributed by atoms with E-state index in [9.17, 15) is 0 Å². The van der Waals surface area contributed by atoms with Gasteiger partial charge < -0.3 is 4.74 Å². The molecular weight excluding hydrogens is 228 g/mol. The van der Waals surface area contributed by atoms with Crippen LogP contribution in [0.5, 0.6) is 0 Å². The highest BCUT2D eigenvalue weighted by Gasteiger charge is 2.13. The highest BCUT2D eigenvalue weighted by Crippen LogP contribution is 2.22. The third-order valence-electron chi connectivity index (χ3n) is 2.55. The highest BCUT2D eigenvalue weighted by atomic mass is 79.9. The van der Waals surface area contributed by atoms with E-state index in [2.05, 4.69) is 28.9 Å². The Morgan fingerprint density at radius 3 is 2.77 bits per heavy atom. The zero-order chi connectivity index (χ0) is 9.52. The first-order valence-electron chi connectivity index (χ1n) is 5.12. The summed E-state index contributed by atoms with van der Waals surface area (Å²) in [6, 6.07) is 0. The molecular formula is C11H19BrO. The Morgan fingerprint density at radius 2 is 2.15 bits per heavy atom. The van der Waals surface area contributed by atoms with Crippen molar-refractivity contribution in [3.05, 3.63) is 11.6 Å². The van der Waals surface area contributed by atoms with Gasteiger partial charge in [0.15, 0.2) is 0 Å². The molecule has 0 aromatic heterocycles. The second-order valence-corrected chi connectivity index (χ2v) is 4.58. The first kappa shape index (κ1) is 11.3. The molecule has 0 spiro atoms. The van der Waals surface area contributed by atoms with Crippen LogP contribution in [0.2, 0.25) is 0 Å². The second kappa shape index (κ2) is 6.61. The maximum atomic E-state index is 5.34. The average molecular weight is 247 g/mol. The van der Waals surface area contributed by atoms with Crippen molar-refractivity contribution in [3.8, 4) is 0 Å². The number of alkyl halides is 1. The fourth-order valence-corrected chi connectivity index (χ4v) is 2.02. The number of rotatable bonds is 4. The SMILES string of the molecule is CC(=CCCBr)CC1CCOCC1. The monoisotopic (exact) mass is 246 g/mol. The molecule has 76 valence electrons. The van der Waals surface area contributed by atoms with Crippen molar-refractivity contribution in [2.24, 2.45) is 5.92 Å². The summed E-state index contributed by atoms with van der Waals surface area (Å²) in [6.45, 7) is 4.19. The molecule has 0 amide bonds. The lowest BCUT2D eigenvalue weighted by atomic mass is 9.92. The Balaban J connectivity index is 2.21. The lowest BCUT2D eigenvalue weighted by Gasteiger charge is -2.22. The van der Waals surface area contributed by atoms with Crippen LogP contribution in [0.15, 0.2) is 11.6 Å². The van der Waals surface area contributed by atoms with Crippen LogP contribution in [0.4, 0.5) is 0 Å². The van der Waals surface area contributed by atoms with Crippen LogP contribution in [0, 0.1) is 5.92 Å². The molecule has 1 saturated heterocycles. The Kier molecular flexibility index (Phi) is 5.72. The molecule has 0 atom stereocenters. The van der Waals surface area contributed by atoms with Gasteiger partial charge in [-0.1, -0.05) is 27.6 Å². The van der Waals surface area contributed by atoms with E-state index in [1.54, 1.807) is 5.57 Å². The largest absolute Gasteiger partial charge is 0.381 e. The van der Waals surface area contributed by atoms with Crippen molar-refractivity contribution in [3.63, 3.8) is 0 Å². The van der Waals surface area contributed by atoms with Crippen molar-refractivity contribution < 1.29 is 4.74 Å². The van der Waals surface area contributed by atoms with Gasteiger partial charge in [-0.15, -0.1) is 0 Å². The molecule has 1 nitrogen and oxygen atoms in total. The van der Waals surface area contributed by atoms with Gasteiger partial charge in [0.2, 0.25) is 0 Å². The van der Waals surface area contributed by atoms with E-state index in [1.165, 1.54) is 19.3 Å². The quantitative estimate of drug-likeness (QED) is 0.545. The number of ether oxygens (including phenoxy) is 1. The van der Waals surface area contributed by atoms with Crippen LogP contribution < -0.4 is 0 Å². The van der Waals surface area contributed by atoms with Gasteiger partial charge in [0, 0.05) is 18.5 Å². The Labute approximate surface area is 89.7 Å². The number of hydrogen-bond acceptors (Lipinski definition) is 1. The van der Waals surface area contributed by atoms with E-state index in [0.717, 1.165) is 30.9 Å². The van der Waals surface area contributed by atoms with Crippen molar-refractivity contribution in [1.82, 2.24) is 0 Å². The van der Waals surface area contributed by atoms with Gasteiger partial charge in [0.05, 0.1) is 0 Å². The van der Waals surface area contributed by atoms with Crippen LogP contribution >= 0.6 is 15.9 Å². The summed E-state index contributed by atoms with van der Waals surface area (Å²) in [6.07, 6.45) is 7.29. The minimum atomic E-state index is 0.875. The summed E-state index contributed by atoms with van der Waals surface area (Å²) in [5.41, 5.74) is 1.55.